The lowest BCUT2D eigenvalue weighted by Gasteiger charge is -2.36. The first-order valence-corrected chi connectivity index (χ1v) is 10.6. The van der Waals surface area contributed by atoms with Gasteiger partial charge in [-0.15, -0.1) is 11.3 Å². The van der Waals surface area contributed by atoms with Gasteiger partial charge >= 0.3 is 0 Å². The highest BCUT2D eigenvalue weighted by molar-refractivity contribution is 9.10. The highest BCUT2D eigenvalue weighted by Crippen LogP contribution is 2.25. The van der Waals surface area contributed by atoms with Gasteiger partial charge in [-0.05, 0) is 35.1 Å². The van der Waals surface area contributed by atoms with E-state index in [4.69, 9.17) is 4.74 Å². The molecular weight excluding hydrogens is 428 g/mol. The van der Waals surface area contributed by atoms with Gasteiger partial charge in [0.2, 0.25) is 5.91 Å². The number of carbonyl (C=O) groups is 2. The number of hydrogen-bond acceptors (Lipinski definition) is 4. The average molecular weight is 451 g/mol. The van der Waals surface area contributed by atoms with E-state index in [1.54, 1.807) is 11.0 Å². The lowest BCUT2D eigenvalue weighted by atomic mass is 10.0. The Balaban J connectivity index is 1.69. The maximum atomic E-state index is 13.1. The Morgan fingerprint density at radius 1 is 1.26 bits per heavy atom. The van der Waals surface area contributed by atoms with Gasteiger partial charge in [0.05, 0.1) is 18.0 Å². The van der Waals surface area contributed by atoms with E-state index >= 15 is 0 Å². The first kappa shape index (κ1) is 20.0. The zero-order valence-corrected chi connectivity index (χ0v) is 17.8. The van der Waals surface area contributed by atoms with Gasteiger partial charge in [-0.3, -0.25) is 9.59 Å². The molecule has 5 nitrogen and oxygen atoms in total. The topological polar surface area (TPSA) is 58.6 Å². The van der Waals surface area contributed by atoms with Crippen LogP contribution in [0.5, 0.6) is 0 Å². The van der Waals surface area contributed by atoms with Gasteiger partial charge < -0.3 is 15.0 Å². The second kappa shape index (κ2) is 8.99. The molecule has 2 heterocycles. The lowest BCUT2D eigenvalue weighted by Crippen LogP contribution is -2.54. The maximum absolute atomic E-state index is 13.1. The number of benzene rings is 1. The Hall–Kier alpha value is -1.70. The van der Waals surface area contributed by atoms with Crippen LogP contribution in [0.3, 0.4) is 0 Å². The van der Waals surface area contributed by atoms with Gasteiger partial charge in [0, 0.05) is 11.0 Å². The van der Waals surface area contributed by atoms with Crippen LogP contribution >= 0.6 is 27.3 Å². The molecule has 1 aliphatic rings. The van der Waals surface area contributed by atoms with Crippen LogP contribution in [0, 0.1) is 5.92 Å². The summed E-state index contributed by atoms with van der Waals surface area (Å²) in [7, 11) is 0. The summed E-state index contributed by atoms with van der Waals surface area (Å²) in [4.78, 5) is 28.0. The number of nitrogens with zero attached hydrogens (tertiary/aromatic N) is 1. The maximum Gasteiger partial charge on any atom is 0.262 e. The van der Waals surface area contributed by atoms with E-state index in [0.717, 1.165) is 10.0 Å². The smallest absolute Gasteiger partial charge is 0.262 e. The molecule has 7 heteroatoms. The number of nitrogens with one attached hydrogen (secondary N) is 1. The van der Waals surface area contributed by atoms with Crippen LogP contribution in [0.1, 0.15) is 35.2 Å². The highest BCUT2D eigenvalue weighted by Gasteiger charge is 2.32. The number of ether oxygens (including phenoxy) is 1. The highest BCUT2D eigenvalue weighted by atomic mass is 79.9. The van der Waals surface area contributed by atoms with Crippen LogP contribution in [-0.2, 0) is 9.53 Å². The summed E-state index contributed by atoms with van der Waals surface area (Å²) in [5.41, 5.74) is 1.04. The second-order valence-corrected chi connectivity index (χ2v) is 8.73. The quantitative estimate of drug-likeness (QED) is 0.751. The van der Waals surface area contributed by atoms with Crippen LogP contribution in [0.2, 0.25) is 0 Å². The predicted octanol–water partition coefficient (Wildman–Crippen LogP) is 3.87. The van der Waals surface area contributed by atoms with Gasteiger partial charge in [-0.25, -0.2) is 0 Å². The molecule has 1 aromatic heterocycles. The van der Waals surface area contributed by atoms with Gasteiger partial charge in [-0.2, -0.15) is 0 Å². The van der Waals surface area contributed by atoms with E-state index in [-0.39, 0.29) is 23.8 Å². The number of carbonyl (C=O) groups excluding carboxylic acids is 2. The first-order valence-electron chi connectivity index (χ1n) is 8.96. The summed E-state index contributed by atoms with van der Waals surface area (Å²) < 4.78 is 6.88. The summed E-state index contributed by atoms with van der Waals surface area (Å²) in [6.45, 7) is 5.40. The van der Waals surface area contributed by atoms with Crippen molar-refractivity contribution in [2.75, 3.05) is 19.7 Å². The monoisotopic (exact) mass is 450 g/mol. The van der Waals surface area contributed by atoms with Crippen molar-refractivity contribution in [2.24, 2.45) is 5.92 Å². The van der Waals surface area contributed by atoms with Crippen LogP contribution in [-0.4, -0.2) is 42.5 Å². The Morgan fingerprint density at radius 2 is 2.00 bits per heavy atom. The number of amides is 2. The number of rotatable bonds is 5. The predicted molar refractivity (Wildman–Crippen MR) is 110 cm³/mol. The molecule has 2 aromatic rings. The molecule has 1 N–H and O–H groups in total. The van der Waals surface area contributed by atoms with E-state index in [0.29, 0.717) is 24.6 Å². The molecule has 1 saturated heterocycles. The normalized spacial score (nSPS) is 18.4. The van der Waals surface area contributed by atoms with Crippen molar-refractivity contribution in [3.8, 4) is 0 Å². The molecule has 144 valence electrons. The average Bonchev–Trinajstić information content (AvgIpc) is 3.21. The molecule has 0 bridgehead atoms. The van der Waals surface area contributed by atoms with Crippen molar-refractivity contribution < 1.29 is 14.3 Å². The summed E-state index contributed by atoms with van der Waals surface area (Å²) >= 11 is 4.80. The first-order chi connectivity index (χ1) is 13.0. The van der Waals surface area contributed by atoms with E-state index < -0.39 is 6.04 Å². The van der Waals surface area contributed by atoms with E-state index in [2.05, 4.69) is 21.2 Å². The van der Waals surface area contributed by atoms with Crippen LogP contribution in [0.15, 0.2) is 46.3 Å². The fourth-order valence-corrected chi connectivity index (χ4v) is 3.95. The molecular formula is C20H23BrN2O3S. The van der Waals surface area contributed by atoms with E-state index in [1.807, 2.05) is 49.6 Å². The Morgan fingerprint density at radius 3 is 2.63 bits per heavy atom. The summed E-state index contributed by atoms with van der Waals surface area (Å²) in [5.74, 6) is -0.259. The number of morpholine rings is 1. The molecule has 27 heavy (non-hydrogen) atoms. The fraction of sp³-hybridized carbons (Fsp3) is 0.400. The number of halogens is 1. The number of hydrogen-bond donors (Lipinski definition) is 1. The summed E-state index contributed by atoms with van der Waals surface area (Å²) in [6, 6.07) is 11.0. The molecule has 2 atom stereocenters. The molecule has 0 radical (unpaired) electrons. The Labute approximate surface area is 171 Å². The van der Waals surface area contributed by atoms with Crippen LogP contribution < -0.4 is 5.32 Å². The van der Waals surface area contributed by atoms with E-state index in [9.17, 15) is 9.59 Å². The molecule has 1 aromatic carbocycles. The van der Waals surface area contributed by atoms with Crippen molar-refractivity contribution in [2.45, 2.75) is 26.0 Å². The van der Waals surface area contributed by atoms with Crippen molar-refractivity contribution in [1.82, 2.24) is 10.2 Å². The van der Waals surface area contributed by atoms with Crippen LogP contribution in [0.25, 0.3) is 0 Å². The standard InChI is InChI=1S/C20H23BrN2O3S/c1-13(2)18(22-19(24)17-4-3-11-27-17)20(25)23-9-10-26-16(12-23)14-5-7-15(21)8-6-14/h3-8,11,13,16,18H,9-10,12H2,1-2H3,(H,22,24). The zero-order valence-electron chi connectivity index (χ0n) is 15.4. The third-order valence-electron chi connectivity index (χ3n) is 4.58. The van der Waals surface area contributed by atoms with Gasteiger partial charge in [-0.1, -0.05) is 48.0 Å². The van der Waals surface area contributed by atoms with E-state index in [1.165, 1.54) is 11.3 Å². The van der Waals surface area contributed by atoms with Gasteiger partial charge in [0.25, 0.3) is 5.91 Å². The minimum absolute atomic E-state index is 0.00427. The van der Waals surface area contributed by atoms with Crippen molar-refractivity contribution in [3.63, 3.8) is 0 Å². The Kier molecular flexibility index (Phi) is 6.68. The van der Waals surface area contributed by atoms with Gasteiger partial charge in [0.1, 0.15) is 12.1 Å². The molecule has 0 spiro atoms. The minimum Gasteiger partial charge on any atom is -0.370 e. The summed E-state index contributed by atoms with van der Waals surface area (Å²) in [6.07, 6.45) is -0.156. The van der Waals surface area contributed by atoms with Crippen molar-refractivity contribution in [3.05, 3.63) is 56.7 Å². The minimum atomic E-state index is -0.553. The van der Waals surface area contributed by atoms with Crippen molar-refractivity contribution in [1.29, 1.82) is 0 Å². The third-order valence-corrected chi connectivity index (χ3v) is 5.98. The molecule has 2 unspecified atom stereocenters. The second-order valence-electron chi connectivity index (χ2n) is 6.87. The lowest BCUT2D eigenvalue weighted by molar-refractivity contribution is -0.142. The Bertz CT molecular complexity index is 777. The SMILES string of the molecule is CC(C)C(NC(=O)c1cccs1)C(=O)N1CCOC(c2ccc(Br)cc2)C1. The molecule has 1 aliphatic heterocycles. The van der Waals surface area contributed by atoms with Crippen LogP contribution in [0.4, 0.5) is 0 Å². The number of thiophene rings is 1. The molecule has 2 amide bonds. The van der Waals surface area contributed by atoms with Gasteiger partial charge in [0.15, 0.2) is 0 Å². The fourth-order valence-electron chi connectivity index (χ4n) is 3.06. The largest absolute Gasteiger partial charge is 0.370 e. The molecule has 1 fully saturated rings. The summed E-state index contributed by atoms with van der Waals surface area (Å²) in [5, 5.41) is 4.76. The zero-order chi connectivity index (χ0) is 19.4. The van der Waals surface area contributed by atoms with Crippen molar-refractivity contribution >= 4 is 39.1 Å². The third kappa shape index (κ3) is 4.97. The molecule has 0 saturated carbocycles. The molecule has 0 aliphatic carbocycles. The molecule has 3 rings (SSSR count).